The van der Waals surface area contributed by atoms with E-state index in [2.05, 4.69) is 39.7 Å². The summed E-state index contributed by atoms with van der Waals surface area (Å²) in [6.07, 6.45) is 4.87. The number of nitrogens with zero attached hydrogens (tertiary/aromatic N) is 2. The van der Waals surface area contributed by atoms with Crippen LogP contribution in [0.3, 0.4) is 0 Å². The van der Waals surface area contributed by atoms with Crippen LogP contribution in [0.15, 0.2) is 30.3 Å². The van der Waals surface area contributed by atoms with Gasteiger partial charge in [-0.15, -0.1) is 5.92 Å². The van der Waals surface area contributed by atoms with Gasteiger partial charge in [0.25, 0.3) is 5.91 Å². The lowest BCUT2D eigenvalue weighted by Gasteiger charge is -2.25. The predicted octanol–water partition coefficient (Wildman–Crippen LogP) is 5.34. The average molecular weight is 660 g/mol. The van der Waals surface area contributed by atoms with Crippen molar-refractivity contribution in [2.45, 2.75) is 83.6 Å². The van der Waals surface area contributed by atoms with E-state index in [9.17, 15) is 22.0 Å². The number of hydrogen-bond donors (Lipinski definition) is 3. The van der Waals surface area contributed by atoms with Gasteiger partial charge in [-0.05, 0) is 89.8 Å². The van der Waals surface area contributed by atoms with Crippen LogP contribution >= 0.6 is 0 Å². The minimum Gasteiger partial charge on any atom is -0.491 e. The molecule has 3 N–H and O–H groups in total. The van der Waals surface area contributed by atoms with Gasteiger partial charge in [-0.1, -0.05) is 12.8 Å². The molecule has 252 valence electrons. The van der Waals surface area contributed by atoms with E-state index in [1.54, 1.807) is 19.9 Å². The Labute approximate surface area is 272 Å². The molecular formula is C34H47F2N5O4S. The maximum atomic E-state index is 13.8. The molecular weight excluding hydrogens is 612 g/mol. The summed E-state index contributed by atoms with van der Waals surface area (Å²) in [6, 6.07) is 5.39. The number of ether oxygens (including phenoxy) is 1. The topological polar surface area (TPSA) is 113 Å². The first-order chi connectivity index (χ1) is 21.6. The van der Waals surface area contributed by atoms with Crippen molar-refractivity contribution >= 4 is 27.6 Å². The second-order valence-corrected chi connectivity index (χ2v) is 15.9. The van der Waals surface area contributed by atoms with E-state index < -0.39 is 44.4 Å². The van der Waals surface area contributed by atoms with Crippen LogP contribution in [0.5, 0.6) is 5.75 Å². The zero-order chi connectivity index (χ0) is 33.6. The van der Waals surface area contributed by atoms with Crippen LogP contribution in [-0.2, 0) is 10.0 Å². The number of hydrogen-bond acceptors (Lipinski definition) is 7. The Bertz CT molecular complexity index is 1530. The second kappa shape index (κ2) is 15.0. The third-order valence-electron chi connectivity index (χ3n) is 8.37. The van der Waals surface area contributed by atoms with E-state index in [1.807, 2.05) is 13.8 Å². The van der Waals surface area contributed by atoms with Crippen molar-refractivity contribution in [3.63, 3.8) is 0 Å². The number of halogens is 2. The number of aromatic nitrogens is 1. The van der Waals surface area contributed by atoms with Crippen molar-refractivity contribution in [2.75, 3.05) is 36.4 Å². The third kappa shape index (κ3) is 10.6. The number of carbonyl (C=O) groups excluding carboxylic acids is 1. The molecule has 3 unspecified atom stereocenters. The molecule has 0 bridgehead atoms. The van der Waals surface area contributed by atoms with Gasteiger partial charge in [0, 0.05) is 43.8 Å². The van der Waals surface area contributed by atoms with Crippen LogP contribution in [-0.4, -0.2) is 62.9 Å². The first-order valence-corrected chi connectivity index (χ1v) is 17.5. The zero-order valence-corrected chi connectivity index (χ0v) is 28.4. The summed E-state index contributed by atoms with van der Waals surface area (Å²) >= 11 is 0. The molecule has 1 aromatic heterocycles. The Morgan fingerprint density at radius 2 is 1.83 bits per heavy atom. The normalized spacial score (nSPS) is 18.4. The zero-order valence-electron chi connectivity index (χ0n) is 27.6. The smallest absolute Gasteiger partial charge is 0.251 e. The summed E-state index contributed by atoms with van der Waals surface area (Å²) in [5, 5.41) is 8.97. The molecule has 0 radical (unpaired) electrons. The van der Waals surface area contributed by atoms with Crippen LogP contribution in [0.2, 0.25) is 0 Å². The van der Waals surface area contributed by atoms with Crippen LogP contribution < -0.4 is 25.0 Å². The first kappa shape index (κ1) is 35.4. The lowest BCUT2D eigenvalue weighted by atomic mass is 10.1. The second-order valence-electron chi connectivity index (χ2n) is 13.4. The molecule has 4 rings (SSSR count). The molecule has 0 aliphatic heterocycles. The Hall–Kier alpha value is -3.43. The van der Waals surface area contributed by atoms with E-state index in [0.29, 0.717) is 43.1 Å². The highest BCUT2D eigenvalue weighted by Gasteiger charge is 2.32. The first-order valence-electron chi connectivity index (χ1n) is 16.0. The summed E-state index contributed by atoms with van der Waals surface area (Å²) in [7, 11) is -2.29. The lowest BCUT2D eigenvalue weighted by molar-refractivity contribution is 0.0918. The predicted molar refractivity (Wildman–Crippen MR) is 177 cm³/mol. The van der Waals surface area contributed by atoms with Gasteiger partial charge < -0.3 is 20.7 Å². The Kier molecular flexibility index (Phi) is 11.5. The van der Waals surface area contributed by atoms with Crippen molar-refractivity contribution in [3.8, 4) is 17.6 Å². The van der Waals surface area contributed by atoms with E-state index in [4.69, 9.17) is 4.74 Å². The van der Waals surface area contributed by atoms with Crippen molar-refractivity contribution in [1.82, 2.24) is 15.6 Å². The number of amides is 1. The van der Waals surface area contributed by atoms with E-state index in [0.717, 1.165) is 35.3 Å². The van der Waals surface area contributed by atoms with Crippen molar-refractivity contribution < 1.29 is 26.7 Å². The molecule has 12 heteroatoms. The van der Waals surface area contributed by atoms with E-state index in [-0.39, 0.29) is 23.7 Å². The summed E-state index contributed by atoms with van der Waals surface area (Å²) < 4.78 is 60.4. The number of nitrogens with one attached hydrogen (secondary N) is 3. The molecule has 2 saturated carbocycles. The van der Waals surface area contributed by atoms with Gasteiger partial charge in [-0.25, -0.2) is 22.2 Å². The SMILES string of the molecule is CC1CC1CNc1cc(C(=O)NC(CCNC(C)(C)C#CCC2CC2)COc2cc(F)cc(F)c2)cc(N(C)S(=O)(=O)C(C)C)n1. The van der Waals surface area contributed by atoms with Gasteiger partial charge in [-0.2, -0.15) is 0 Å². The number of sulfonamides is 1. The maximum absolute atomic E-state index is 13.8. The quantitative estimate of drug-likeness (QED) is 0.209. The van der Waals surface area contributed by atoms with Gasteiger partial charge in [-0.3, -0.25) is 9.10 Å². The largest absolute Gasteiger partial charge is 0.491 e. The summed E-state index contributed by atoms with van der Waals surface area (Å²) in [5.74, 6) is 6.84. The summed E-state index contributed by atoms with van der Waals surface area (Å²) in [5.41, 5.74) is -0.245. The van der Waals surface area contributed by atoms with Crippen molar-refractivity contribution in [2.24, 2.45) is 17.8 Å². The van der Waals surface area contributed by atoms with Crippen LogP contribution in [0.1, 0.15) is 77.1 Å². The minimum absolute atomic E-state index is 0.00323. The standard InChI is InChI=1S/C34H47F2N5O4S/c1-22(2)46(43,44)41(6)32-16-25(15-31(40-32)37-20-26-14-23(26)3)33(42)39-29(21-45-30-18-27(35)17-28(36)19-30)11-13-38-34(4,5)12-7-8-24-9-10-24/h15-19,22-24,26,29,38H,8-11,13-14,20-21H2,1-6H3,(H,37,40)(H,39,42). The van der Waals surface area contributed by atoms with Crippen molar-refractivity contribution in [1.29, 1.82) is 0 Å². The highest BCUT2D eigenvalue weighted by Crippen LogP contribution is 2.37. The van der Waals surface area contributed by atoms with Crippen molar-refractivity contribution in [3.05, 3.63) is 47.5 Å². The van der Waals surface area contributed by atoms with Crippen LogP contribution in [0.4, 0.5) is 20.4 Å². The molecule has 9 nitrogen and oxygen atoms in total. The molecule has 2 fully saturated rings. The van der Waals surface area contributed by atoms with Gasteiger partial charge in [0.05, 0.1) is 16.8 Å². The molecule has 2 aliphatic carbocycles. The fraction of sp³-hybridized carbons (Fsp3) is 0.588. The number of carbonyl (C=O) groups is 1. The molecule has 3 atom stereocenters. The summed E-state index contributed by atoms with van der Waals surface area (Å²) in [6.45, 7) is 10.4. The minimum atomic E-state index is -3.71. The third-order valence-corrected chi connectivity index (χ3v) is 10.5. The van der Waals surface area contributed by atoms with E-state index >= 15 is 0 Å². The fourth-order valence-electron chi connectivity index (χ4n) is 4.88. The highest BCUT2D eigenvalue weighted by molar-refractivity contribution is 7.93. The van der Waals surface area contributed by atoms with Gasteiger partial charge in [0.15, 0.2) is 0 Å². The number of pyridine rings is 1. The number of rotatable bonds is 16. The fourth-order valence-corrected chi connectivity index (χ4v) is 5.87. The highest BCUT2D eigenvalue weighted by atomic mass is 32.2. The summed E-state index contributed by atoms with van der Waals surface area (Å²) in [4.78, 5) is 18.2. The molecule has 1 aromatic carbocycles. The van der Waals surface area contributed by atoms with Gasteiger partial charge >= 0.3 is 0 Å². The molecule has 1 heterocycles. The molecule has 1 amide bonds. The van der Waals surface area contributed by atoms with E-state index in [1.165, 1.54) is 26.0 Å². The van der Waals surface area contributed by atoms with Gasteiger partial charge in [0.1, 0.15) is 35.6 Å². The molecule has 0 spiro atoms. The molecule has 2 aromatic rings. The van der Waals surface area contributed by atoms with Gasteiger partial charge in [0.2, 0.25) is 10.0 Å². The molecule has 0 saturated heterocycles. The lowest BCUT2D eigenvalue weighted by Crippen LogP contribution is -2.44. The number of anilines is 2. The Balaban J connectivity index is 1.52. The number of benzene rings is 1. The van der Waals surface area contributed by atoms with Crippen LogP contribution in [0, 0.1) is 41.2 Å². The average Bonchev–Trinajstić information content (AvgIpc) is 3.91. The van der Waals surface area contributed by atoms with Crippen LogP contribution in [0.25, 0.3) is 0 Å². The molecule has 46 heavy (non-hydrogen) atoms. The Morgan fingerprint density at radius 1 is 1.15 bits per heavy atom. The monoisotopic (exact) mass is 659 g/mol. The Morgan fingerprint density at radius 3 is 2.43 bits per heavy atom. The maximum Gasteiger partial charge on any atom is 0.251 e. The molecule has 2 aliphatic rings.